The third kappa shape index (κ3) is 4.33. The largest absolute Gasteiger partial charge is 0.341 e. The minimum absolute atomic E-state index is 0.0756. The molecule has 0 saturated carbocycles. The molecule has 0 bridgehead atoms. The summed E-state index contributed by atoms with van der Waals surface area (Å²) in [6, 6.07) is 8.10. The molecule has 1 atom stereocenters. The predicted octanol–water partition coefficient (Wildman–Crippen LogP) is 2.89. The van der Waals surface area contributed by atoms with E-state index in [1.54, 1.807) is 18.8 Å². The predicted molar refractivity (Wildman–Crippen MR) is 142 cm³/mol. The van der Waals surface area contributed by atoms with Gasteiger partial charge < -0.3 is 15.2 Å². The molecule has 1 saturated heterocycles. The van der Waals surface area contributed by atoms with Gasteiger partial charge in [-0.3, -0.25) is 18.9 Å². The lowest BCUT2D eigenvalue weighted by Crippen LogP contribution is -2.44. The molecule has 2 aromatic heterocycles. The van der Waals surface area contributed by atoms with Crippen LogP contribution < -0.4 is 21.9 Å². The molecule has 0 spiro atoms. The number of hydrogen-bond donors (Lipinski definition) is 1. The molecule has 35 heavy (non-hydrogen) atoms. The number of thioether (sulfide) groups is 1. The van der Waals surface area contributed by atoms with Crippen LogP contribution in [0.1, 0.15) is 40.0 Å². The summed E-state index contributed by atoms with van der Waals surface area (Å²) >= 11 is 1.77. The van der Waals surface area contributed by atoms with Crippen molar-refractivity contribution in [3.63, 3.8) is 0 Å². The van der Waals surface area contributed by atoms with Gasteiger partial charge in [0.1, 0.15) is 0 Å². The monoisotopic (exact) mass is 495 g/mol. The van der Waals surface area contributed by atoms with Gasteiger partial charge >= 0.3 is 5.69 Å². The van der Waals surface area contributed by atoms with E-state index >= 15 is 0 Å². The van der Waals surface area contributed by atoms with Gasteiger partial charge in [-0.25, -0.2) is 4.79 Å². The normalized spacial score (nSPS) is 20.0. The Kier molecular flexibility index (Phi) is 6.13. The second kappa shape index (κ2) is 8.98. The fraction of sp³-hybridized carbons (Fsp3) is 0.520. The molecule has 4 heterocycles. The van der Waals surface area contributed by atoms with Crippen molar-refractivity contribution in [1.29, 1.82) is 0 Å². The van der Waals surface area contributed by atoms with Gasteiger partial charge in [-0.15, -0.1) is 11.8 Å². The van der Waals surface area contributed by atoms with Gasteiger partial charge in [0.15, 0.2) is 11.2 Å². The highest BCUT2D eigenvalue weighted by atomic mass is 32.2. The van der Waals surface area contributed by atoms with Gasteiger partial charge in [0.25, 0.3) is 5.56 Å². The van der Waals surface area contributed by atoms with Crippen molar-refractivity contribution in [3.05, 3.63) is 45.1 Å². The van der Waals surface area contributed by atoms with Crippen LogP contribution in [-0.2, 0) is 20.1 Å². The van der Waals surface area contributed by atoms with E-state index in [4.69, 9.17) is 15.7 Å². The summed E-state index contributed by atoms with van der Waals surface area (Å²) in [5.74, 6) is 0.709. The Morgan fingerprint density at radius 1 is 1.20 bits per heavy atom. The quantitative estimate of drug-likeness (QED) is 0.597. The summed E-state index contributed by atoms with van der Waals surface area (Å²) in [5, 5.41) is 0. The van der Waals surface area contributed by atoms with Gasteiger partial charge in [-0.1, -0.05) is 12.1 Å². The first-order valence-corrected chi connectivity index (χ1v) is 13.0. The van der Waals surface area contributed by atoms with Crippen LogP contribution in [0.2, 0.25) is 0 Å². The first-order chi connectivity index (χ1) is 16.7. The molecule has 2 aliphatic rings. The average molecular weight is 496 g/mol. The highest BCUT2D eigenvalue weighted by molar-refractivity contribution is 8.00. The van der Waals surface area contributed by atoms with Crippen molar-refractivity contribution in [3.8, 4) is 0 Å². The molecular formula is C25H33N7O2S. The molecule has 1 unspecified atom stereocenters. The molecule has 9 nitrogen and oxygen atoms in total. The zero-order valence-corrected chi connectivity index (χ0v) is 21.6. The maximum Gasteiger partial charge on any atom is 0.332 e. The van der Waals surface area contributed by atoms with Crippen LogP contribution in [0, 0.1) is 0 Å². The molecular weight excluding hydrogens is 462 g/mol. The van der Waals surface area contributed by atoms with E-state index in [-0.39, 0.29) is 28.6 Å². The molecule has 10 heteroatoms. The van der Waals surface area contributed by atoms with Crippen LogP contribution in [0.4, 0.5) is 11.6 Å². The lowest BCUT2D eigenvalue weighted by atomic mass is 10.1. The summed E-state index contributed by atoms with van der Waals surface area (Å²) in [4.78, 5) is 40.1. The first-order valence-electron chi connectivity index (χ1n) is 12.2. The molecule has 5 rings (SSSR count). The molecule has 0 radical (unpaired) electrons. The van der Waals surface area contributed by atoms with Crippen molar-refractivity contribution in [1.82, 2.24) is 18.7 Å². The van der Waals surface area contributed by atoms with Crippen LogP contribution in [0.15, 0.2) is 43.7 Å². The molecule has 3 aromatic rings. The average Bonchev–Trinajstić information content (AvgIpc) is 3.15. The van der Waals surface area contributed by atoms with E-state index in [1.807, 2.05) is 29.7 Å². The maximum atomic E-state index is 13.8. The molecule has 1 fully saturated rings. The Morgan fingerprint density at radius 2 is 1.97 bits per heavy atom. The summed E-state index contributed by atoms with van der Waals surface area (Å²) in [6.45, 7) is 8.58. The van der Waals surface area contributed by atoms with E-state index in [9.17, 15) is 9.59 Å². The molecule has 1 aromatic carbocycles. The highest BCUT2D eigenvalue weighted by Gasteiger charge is 2.29. The number of nitrogens with two attached hydrogens (primary N) is 1. The van der Waals surface area contributed by atoms with Gasteiger partial charge in [0.2, 0.25) is 5.95 Å². The Morgan fingerprint density at radius 3 is 2.71 bits per heavy atom. The van der Waals surface area contributed by atoms with E-state index in [0.29, 0.717) is 36.6 Å². The number of aromatic nitrogens is 4. The van der Waals surface area contributed by atoms with E-state index in [1.165, 1.54) is 9.13 Å². The lowest BCUT2D eigenvalue weighted by molar-refractivity contribution is 0.494. The number of fused-ring (bicyclic) bond motifs is 2. The summed E-state index contributed by atoms with van der Waals surface area (Å²) in [7, 11) is 1.68. The lowest BCUT2D eigenvalue weighted by Gasteiger charge is -2.31. The number of anilines is 1. The number of aliphatic imine (C=N–C) groups is 1. The highest BCUT2D eigenvalue weighted by Crippen LogP contribution is 2.43. The summed E-state index contributed by atoms with van der Waals surface area (Å²) < 4.78 is 4.61. The van der Waals surface area contributed by atoms with Crippen LogP contribution in [0.3, 0.4) is 0 Å². The standard InChI is InChI=1S/C25H33N7O2S/c1-5-31-20-21(28-23(31)30-12-8-9-16(26)14-30)29(4)24(34)32(22(20)33)15-17-13-25(2,3)35-19-11-7-6-10-18(19)27-17/h6-7,10-11,16H,5,8-9,12-15,26H2,1-4H3. The molecule has 0 aliphatic carbocycles. The van der Waals surface area contributed by atoms with Crippen molar-refractivity contribution in [2.45, 2.75) is 68.8 Å². The number of piperidine rings is 1. The van der Waals surface area contributed by atoms with Crippen molar-refractivity contribution < 1.29 is 0 Å². The van der Waals surface area contributed by atoms with E-state index in [0.717, 1.165) is 35.7 Å². The van der Waals surface area contributed by atoms with Crippen molar-refractivity contribution >= 4 is 40.3 Å². The fourth-order valence-corrected chi connectivity index (χ4v) is 6.38. The summed E-state index contributed by atoms with van der Waals surface area (Å²) in [6.07, 6.45) is 2.63. The minimum Gasteiger partial charge on any atom is -0.341 e. The smallest absolute Gasteiger partial charge is 0.332 e. The van der Waals surface area contributed by atoms with Crippen molar-refractivity contribution in [2.24, 2.45) is 17.8 Å². The number of hydrogen-bond acceptors (Lipinski definition) is 7. The first kappa shape index (κ1) is 23.9. The van der Waals surface area contributed by atoms with Crippen LogP contribution in [0.25, 0.3) is 11.2 Å². The van der Waals surface area contributed by atoms with Gasteiger partial charge in [-0.2, -0.15) is 4.98 Å². The Bertz CT molecular complexity index is 1430. The second-order valence-electron chi connectivity index (χ2n) is 10.1. The van der Waals surface area contributed by atoms with Crippen LogP contribution in [-0.4, -0.2) is 48.3 Å². The number of para-hydroxylation sites is 1. The number of imidazole rings is 1. The Balaban J connectivity index is 1.63. The Hall–Kier alpha value is -2.85. The summed E-state index contributed by atoms with van der Waals surface area (Å²) in [5.41, 5.74) is 8.07. The van der Waals surface area contributed by atoms with Crippen molar-refractivity contribution in [2.75, 3.05) is 18.0 Å². The fourth-order valence-electron chi connectivity index (χ4n) is 5.18. The van der Waals surface area contributed by atoms with Gasteiger partial charge in [0, 0.05) is 54.5 Å². The zero-order chi connectivity index (χ0) is 24.9. The number of nitrogens with zero attached hydrogens (tertiary/aromatic N) is 6. The number of rotatable bonds is 4. The van der Waals surface area contributed by atoms with E-state index in [2.05, 4.69) is 24.8 Å². The molecule has 186 valence electrons. The van der Waals surface area contributed by atoms with Gasteiger partial charge in [0.05, 0.1) is 12.2 Å². The molecule has 2 N–H and O–H groups in total. The Labute approximate surface area is 208 Å². The minimum atomic E-state index is -0.379. The second-order valence-corrected chi connectivity index (χ2v) is 11.8. The molecule has 2 aliphatic heterocycles. The van der Waals surface area contributed by atoms with Crippen LogP contribution in [0.5, 0.6) is 0 Å². The van der Waals surface area contributed by atoms with E-state index < -0.39 is 0 Å². The van der Waals surface area contributed by atoms with Gasteiger partial charge in [-0.05, 0) is 45.7 Å². The number of benzene rings is 1. The SMILES string of the molecule is CCn1c(N2CCCC(N)C2)nc2c1c(=O)n(CC1=Nc3ccccc3SC(C)(C)C1)c(=O)n2C. The third-order valence-electron chi connectivity index (χ3n) is 6.77. The third-order valence-corrected chi connectivity index (χ3v) is 8.03. The maximum absolute atomic E-state index is 13.8. The number of aryl methyl sites for hydroxylation is 2. The zero-order valence-electron chi connectivity index (χ0n) is 20.8. The molecule has 0 amide bonds. The van der Waals surface area contributed by atoms with Crippen LogP contribution >= 0.6 is 11.8 Å². The topological polar surface area (TPSA) is 103 Å².